The number of carbonyl (C=O) groups is 1. The highest BCUT2D eigenvalue weighted by atomic mass is 19.1. The molecule has 168 valence electrons. The molecule has 0 unspecified atom stereocenters. The molecule has 2 amide bonds. The minimum atomic E-state index is -0.543. The van der Waals surface area contributed by atoms with Crippen molar-refractivity contribution in [2.45, 2.75) is 50.6 Å². The Kier molecular flexibility index (Phi) is 5.46. The fraction of sp³-hybridized carbons (Fsp3) is 0.476. The summed E-state index contributed by atoms with van der Waals surface area (Å²) in [6.07, 6.45) is 8.22. The van der Waals surface area contributed by atoms with E-state index in [1.54, 1.807) is 18.3 Å². The summed E-state index contributed by atoms with van der Waals surface area (Å²) in [6, 6.07) is 3.44. The summed E-state index contributed by atoms with van der Waals surface area (Å²) in [6.45, 7) is 1.62. The first-order valence-electron chi connectivity index (χ1n) is 11.0. The van der Waals surface area contributed by atoms with Gasteiger partial charge in [0.25, 0.3) is 0 Å². The van der Waals surface area contributed by atoms with Gasteiger partial charge in [0.15, 0.2) is 23.1 Å². The molecule has 4 heterocycles. The zero-order valence-corrected chi connectivity index (χ0v) is 17.6. The van der Waals surface area contributed by atoms with E-state index in [2.05, 4.69) is 30.8 Å². The number of aromatic amines is 1. The highest BCUT2D eigenvalue weighted by Gasteiger charge is 2.27. The lowest BCUT2D eigenvalue weighted by atomic mass is 9.91. The Morgan fingerprint density at radius 1 is 1.16 bits per heavy atom. The molecular formula is C21H25FN8O2. The molecule has 1 saturated carbocycles. The van der Waals surface area contributed by atoms with Crippen LogP contribution in [0.1, 0.15) is 38.5 Å². The Morgan fingerprint density at radius 3 is 2.81 bits per heavy atom. The van der Waals surface area contributed by atoms with Gasteiger partial charge in [-0.3, -0.25) is 0 Å². The van der Waals surface area contributed by atoms with Gasteiger partial charge in [-0.25, -0.2) is 33.4 Å². The van der Waals surface area contributed by atoms with Crippen molar-refractivity contribution >= 4 is 17.5 Å². The first kappa shape index (κ1) is 20.4. The number of carbonyl (C=O) groups excluding carboxylic acids is 1. The summed E-state index contributed by atoms with van der Waals surface area (Å²) in [5.41, 5.74) is 0.679. The summed E-state index contributed by atoms with van der Waals surface area (Å²) >= 11 is 0. The van der Waals surface area contributed by atoms with Crippen LogP contribution in [0.3, 0.4) is 0 Å². The Labute approximate surface area is 183 Å². The summed E-state index contributed by atoms with van der Waals surface area (Å²) in [7, 11) is 0. The van der Waals surface area contributed by atoms with Gasteiger partial charge in [-0.2, -0.15) is 5.10 Å². The van der Waals surface area contributed by atoms with E-state index in [9.17, 15) is 14.0 Å². The smallest absolute Gasteiger partial charge is 0.347 e. The van der Waals surface area contributed by atoms with Crippen LogP contribution in [-0.4, -0.2) is 60.7 Å². The molecule has 0 bridgehead atoms. The van der Waals surface area contributed by atoms with Crippen molar-refractivity contribution in [1.82, 2.24) is 34.8 Å². The molecule has 32 heavy (non-hydrogen) atoms. The highest BCUT2D eigenvalue weighted by Crippen LogP contribution is 2.25. The third kappa shape index (κ3) is 4.14. The standard InChI is InChI=1S/C21H25FN8O2/c22-16-11-23-18(13-6-7-17-27-28-21(32)30(17)12-13)26-19(16)24-14-4-3-5-15(10-14)25-20(31)29-8-1-2-9-29/h6-7,11-12,14-15H,1-5,8-10H2,(H,25,31)(H,28,32)(H,23,24,26)/t14-,15+/m0/s1. The van der Waals surface area contributed by atoms with Crippen LogP contribution in [0.15, 0.2) is 29.3 Å². The van der Waals surface area contributed by atoms with Crippen LogP contribution >= 0.6 is 0 Å². The SMILES string of the molecule is O=C(N[C@@H]1CCC[C@H](Nc2nc(-c3ccc4n[nH]c(=O)n4c3)ncc2F)C1)N1CCCC1. The molecule has 0 aromatic carbocycles. The minimum absolute atomic E-state index is 0.00599. The lowest BCUT2D eigenvalue weighted by molar-refractivity contribution is 0.199. The van der Waals surface area contributed by atoms with Gasteiger partial charge in [-0.15, -0.1) is 0 Å². The van der Waals surface area contributed by atoms with Gasteiger partial charge in [0, 0.05) is 36.9 Å². The molecule has 1 aliphatic carbocycles. The van der Waals surface area contributed by atoms with Crippen molar-refractivity contribution in [3.05, 3.63) is 40.8 Å². The minimum Gasteiger partial charge on any atom is -0.365 e. The predicted octanol–water partition coefficient (Wildman–Crippen LogP) is 2.15. The van der Waals surface area contributed by atoms with Gasteiger partial charge < -0.3 is 15.5 Å². The second kappa shape index (κ2) is 8.56. The Bertz CT molecular complexity index is 1190. The lowest BCUT2D eigenvalue weighted by Crippen LogP contribution is -2.47. The van der Waals surface area contributed by atoms with Gasteiger partial charge in [0.2, 0.25) is 0 Å². The molecule has 10 nitrogen and oxygen atoms in total. The Morgan fingerprint density at radius 2 is 1.97 bits per heavy atom. The van der Waals surface area contributed by atoms with Crippen molar-refractivity contribution in [2.75, 3.05) is 18.4 Å². The normalized spacial score (nSPS) is 21.1. The topological polar surface area (TPSA) is 120 Å². The van der Waals surface area contributed by atoms with E-state index in [0.29, 0.717) is 23.5 Å². The molecule has 0 spiro atoms. The van der Waals surface area contributed by atoms with Gasteiger partial charge >= 0.3 is 11.7 Å². The van der Waals surface area contributed by atoms with Crippen molar-refractivity contribution in [3.8, 4) is 11.4 Å². The molecular weight excluding hydrogens is 415 g/mol. The number of hydrogen-bond donors (Lipinski definition) is 3. The third-order valence-corrected chi connectivity index (χ3v) is 6.15. The molecule has 0 radical (unpaired) electrons. The van der Waals surface area contributed by atoms with Gasteiger partial charge in [-0.05, 0) is 50.7 Å². The number of rotatable bonds is 4. The van der Waals surface area contributed by atoms with Crippen LogP contribution in [0, 0.1) is 5.82 Å². The molecule has 2 atom stereocenters. The molecule has 11 heteroatoms. The van der Waals surface area contributed by atoms with Gasteiger partial charge in [0.1, 0.15) is 0 Å². The number of hydrogen-bond acceptors (Lipinski definition) is 6. The molecule has 5 rings (SSSR count). The van der Waals surface area contributed by atoms with E-state index >= 15 is 0 Å². The van der Waals surface area contributed by atoms with Crippen molar-refractivity contribution in [2.24, 2.45) is 0 Å². The zero-order chi connectivity index (χ0) is 22.1. The number of nitrogens with one attached hydrogen (secondary N) is 3. The van der Waals surface area contributed by atoms with Gasteiger partial charge in [-0.1, -0.05) is 0 Å². The maximum Gasteiger partial charge on any atom is 0.347 e. The largest absolute Gasteiger partial charge is 0.365 e. The summed E-state index contributed by atoms with van der Waals surface area (Å²) in [5.74, 6) is -0.122. The zero-order valence-electron chi connectivity index (χ0n) is 17.6. The van der Waals surface area contributed by atoms with E-state index in [-0.39, 0.29) is 29.6 Å². The first-order chi connectivity index (χ1) is 15.6. The predicted molar refractivity (Wildman–Crippen MR) is 116 cm³/mol. The summed E-state index contributed by atoms with van der Waals surface area (Å²) in [5, 5.41) is 12.6. The number of nitrogens with zero attached hydrogens (tertiary/aromatic N) is 5. The second-order valence-electron chi connectivity index (χ2n) is 8.41. The molecule has 3 N–H and O–H groups in total. The Hall–Kier alpha value is -3.50. The fourth-order valence-corrected chi connectivity index (χ4v) is 4.48. The van der Waals surface area contributed by atoms with E-state index in [1.165, 1.54) is 4.40 Å². The number of pyridine rings is 1. The average molecular weight is 440 g/mol. The van der Waals surface area contributed by atoms with E-state index in [4.69, 9.17) is 0 Å². The number of aromatic nitrogens is 5. The number of anilines is 1. The quantitative estimate of drug-likeness (QED) is 0.572. The first-order valence-corrected chi connectivity index (χ1v) is 11.0. The van der Waals surface area contributed by atoms with Crippen molar-refractivity contribution in [3.63, 3.8) is 0 Å². The number of fused-ring (bicyclic) bond motifs is 1. The average Bonchev–Trinajstić information content (AvgIpc) is 3.46. The maximum atomic E-state index is 14.5. The monoisotopic (exact) mass is 440 g/mol. The highest BCUT2D eigenvalue weighted by molar-refractivity contribution is 5.74. The molecule has 3 aromatic heterocycles. The molecule has 3 aromatic rings. The summed E-state index contributed by atoms with van der Waals surface area (Å²) < 4.78 is 15.8. The van der Waals surface area contributed by atoms with Crippen molar-refractivity contribution in [1.29, 1.82) is 0 Å². The molecule has 1 aliphatic heterocycles. The van der Waals surface area contributed by atoms with E-state index in [1.807, 2.05) is 4.90 Å². The second-order valence-corrected chi connectivity index (χ2v) is 8.41. The van der Waals surface area contributed by atoms with Crippen molar-refractivity contribution < 1.29 is 9.18 Å². The van der Waals surface area contributed by atoms with Crippen LogP contribution in [0.25, 0.3) is 17.0 Å². The third-order valence-electron chi connectivity index (χ3n) is 6.15. The number of likely N-dealkylation sites (tertiary alicyclic amines) is 1. The van der Waals surface area contributed by atoms with E-state index < -0.39 is 5.82 Å². The Balaban J connectivity index is 1.29. The molecule has 2 aliphatic rings. The van der Waals surface area contributed by atoms with Crippen LogP contribution < -0.4 is 16.3 Å². The summed E-state index contributed by atoms with van der Waals surface area (Å²) in [4.78, 5) is 34.6. The fourth-order valence-electron chi connectivity index (χ4n) is 4.48. The van der Waals surface area contributed by atoms with E-state index in [0.717, 1.165) is 51.4 Å². The number of amides is 2. The molecule has 1 saturated heterocycles. The van der Waals surface area contributed by atoms with Crippen LogP contribution in [-0.2, 0) is 0 Å². The van der Waals surface area contributed by atoms with Crippen LogP contribution in [0.2, 0.25) is 0 Å². The number of H-pyrrole nitrogens is 1. The number of urea groups is 1. The lowest BCUT2D eigenvalue weighted by Gasteiger charge is -2.32. The van der Waals surface area contributed by atoms with Crippen LogP contribution in [0.5, 0.6) is 0 Å². The van der Waals surface area contributed by atoms with Gasteiger partial charge in [0.05, 0.1) is 6.20 Å². The maximum absolute atomic E-state index is 14.5. The van der Waals surface area contributed by atoms with Crippen LogP contribution in [0.4, 0.5) is 15.0 Å². The number of halogens is 1. The molecule has 2 fully saturated rings.